The minimum atomic E-state index is 0.808. The van der Waals surface area contributed by atoms with E-state index in [-0.39, 0.29) is 0 Å². The van der Waals surface area contributed by atoms with E-state index < -0.39 is 0 Å². The molecule has 3 unspecified atom stereocenters. The molecule has 1 N–H and O–H groups in total. The van der Waals surface area contributed by atoms with Crippen molar-refractivity contribution in [2.75, 3.05) is 6.54 Å². The molecule has 17 heavy (non-hydrogen) atoms. The second kappa shape index (κ2) is 6.58. The Kier molecular flexibility index (Phi) is 5.09. The average Bonchev–Trinajstić information content (AvgIpc) is 3.08. The zero-order chi connectivity index (χ0) is 12.1. The summed E-state index contributed by atoms with van der Waals surface area (Å²) in [5.41, 5.74) is 0. The van der Waals surface area contributed by atoms with Crippen LogP contribution >= 0.6 is 0 Å². The molecule has 0 radical (unpaired) electrons. The SMILES string of the molecule is C=CCCCC(NCCC)C1C2CCCCC21. The van der Waals surface area contributed by atoms with E-state index in [4.69, 9.17) is 0 Å². The molecule has 1 nitrogen and oxygen atoms in total. The molecule has 2 aliphatic carbocycles. The van der Waals surface area contributed by atoms with Crippen LogP contribution in [0.15, 0.2) is 12.7 Å². The van der Waals surface area contributed by atoms with Gasteiger partial charge in [0.25, 0.3) is 0 Å². The van der Waals surface area contributed by atoms with Crippen molar-refractivity contribution in [3.63, 3.8) is 0 Å². The Bertz CT molecular complexity index is 224. The van der Waals surface area contributed by atoms with Gasteiger partial charge in [-0.05, 0) is 62.8 Å². The molecule has 0 aliphatic heterocycles. The molecule has 3 atom stereocenters. The predicted octanol–water partition coefficient (Wildman–Crippen LogP) is 4.15. The van der Waals surface area contributed by atoms with Gasteiger partial charge in [-0.2, -0.15) is 0 Å². The first-order chi connectivity index (χ1) is 8.38. The lowest BCUT2D eigenvalue weighted by molar-refractivity contribution is 0.399. The molecule has 0 amide bonds. The number of unbranched alkanes of at least 4 members (excludes halogenated alkanes) is 1. The maximum absolute atomic E-state index is 3.83. The summed E-state index contributed by atoms with van der Waals surface area (Å²) in [6.45, 7) is 7.31. The number of hydrogen-bond acceptors (Lipinski definition) is 1. The molecular weight excluding hydrogens is 206 g/mol. The Morgan fingerprint density at radius 2 is 2.00 bits per heavy atom. The Morgan fingerprint density at radius 3 is 2.59 bits per heavy atom. The van der Waals surface area contributed by atoms with Crippen LogP contribution in [-0.4, -0.2) is 12.6 Å². The van der Waals surface area contributed by atoms with E-state index in [0.29, 0.717) is 0 Å². The lowest BCUT2D eigenvalue weighted by Gasteiger charge is -2.18. The van der Waals surface area contributed by atoms with Gasteiger partial charge in [0.2, 0.25) is 0 Å². The number of rotatable bonds is 8. The fraction of sp³-hybridized carbons (Fsp3) is 0.875. The van der Waals surface area contributed by atoms with E-state index in [1.807, 2.05) is 0 Å². The normalized spacial score (nSPS) is 32.9. The van der Waals surface area contributed by atoms with Gasteiger partial charge in [-0.1, -0.05) is 25.8 Å². The van der Waals surface area contributed by atoms with Crippen LogP contribution in [0.25, 0.3) is 0 Å². The maximum Gasteiger partial charge on any atom is 0.0101 e. The maximum atomic E-state index is 3.83. The van der Waals surface area contributed by atoms with Crippen LogP contribution in [0.5, 0.6) is 0 Å². The fourth-order valence-corrected chi connectivity index (χ4v) is 3.89. The highest BCUT2D eigenvalue weighted by molar-refractivity contribution is 5.04. The number of fused-ring (bicyclic) bond motifs is 1. The summed E-state index contributed by atoms with van der Waals surface area (Å²) in [5.74, 6) is 3.19. The number of nitrogens with one attached hydrogen (secondary N) is 1. The first-order valence-electron chi connectivity index (χ1n) is 7.72. The highest BCUT2D eigenvalue weighted by atomic mass is 14.9. The minimum Gasteiger partial charge on any atom is -0.314 e. The molecule has 0 aromatic carbocycles. The molecule has 2 fully saturated rings. The van der Waals surface area contributed by atoms with Gasteiger partial charge in [0.1, 0.15) is 0 Å². The van der Waals surface area contributed by atoms with E-state index in [1.54, 1.807) is 0 Å². The fourth-order valence-electron chi connectivity index (χ4n) is 3.89. The van der Waals surface area contributed by atoms with E-state index in [2.05, 4.69) is 24.9 Å². The molecular formula is C16H29N. The summed E-state index contributed by atoms with van der Waals surface area (Å²) >= 11 is 0. The summed E-state index contributed by atoms with van der Waals surface area (Å²) in [6, 6.07) is 0.808. The first-order valence-corrected chi connectivity index (χ1v) is 7.72. The molecule has 0 spiro atoms. The minimum absolute atomic E-state index is 0.808. The molecule has 2 rings (SSSR count). The Balaban J connectivity index is 1.80. The third-order valence-corrected chi connectivity index (χ3v) is 4.77. The molecule has 2 saturated carbocycles. The Morgan fingerprint density at radius 1 is 1.29 bits per heavy atom. The van der Waals surface area contributed by atoms with Gasteiger partial charge in [-0.15, -0.1) is 6.58 Å². The molecule has 0 bridgehead atoms. The van der Waals surface area contributed by atoms with Gasteiger partial charge in [-0.25, -0.2) is 0 Å². The second-order valence-electron chi connectivity index (χ2n) is 5.97. The quantitative estimate of drug-likeness (QED) is 0.492. The van der Waals surface area contributed by atoms with E-state index >= 15 is 0 Å². The topological polar surface area (TPSA) is 12.0 Å². The lowest BCUT2D eigenvalue weighted by atomic mass is 10.0. The standard InChI is InChI=1S/C16H29N/c1-3-5-6-11-15(17-12-4-2)16-13-9-7-8-10-14(13)16/h3,13-17H,1,4-12H2,2H3. The molecule has 0 aromatic heterocycles. The summed E-state index contributed by atoms with van der Waals surface area (Å²) in [4.78, 5) is 0. The zero-order valence-corrected chi connectivity index (χ0v) is 11.5. The predicted molar refractivity (Wildman–Crippen MR) is 75.1 cm³/mol. The summed E-state index contributed by atoms with van der Waals surface area (Å²) in [6.07, 6.45) is 13.2. The summed E-state index contributed by atoms with van der Waals surface area (Å²) < 4.78 is 0. The number of allylic oxidation sites excluding steroid dienone is 1. The molecule has 0 heterocycles. The van der Waals surface area contributed by atoms with Crippen LogP contribution in [0, 0.1) is 17.8 Å². The van der Waals surface area contributed by atoms with Crippen molar-refractivity contribution < 1.29 is 0 Å². The Hall–Kier alpha value is -0.300. The lowest BCUT2D eigenvalue weighted by Crippen LogP contribution is -2.32. The van der Waals surface area contributed by atoms with E-state index in [9.17, 15) is 0 Å². The van der Waals surface area contributed by atoms with Gasteiger partial charge >= 0.3 is 0 Å². The van der Waals surface area contributed by atoms with Crippen LogP contribution in [-0.2, 0) is 0 Å². The zero-order valence-electron chi connectivity index (χ0n) is 11.5. The first kappa shape index (κ1) is 13.1. The van der Waals surface area contributed by atoms with Crippen molar-refractivity contribution in [2.24, 2.45) is 17.8 Å². The monoisotopic (exact) mass is 235 g/mol. The largest absolute Gasteiger partial charge is 0.314 e. The van der Waals surface area contributed by atoms with Crippen LogP contribution in [0.3, 0.4) is 0 Å². The van der Waals surface area contributed by atoms with E-state index in [1.165, 1.54) is 57.9 Å². The molecule has 0 saturated heterocycles. The average molecular weight is 235 g/mol. The van der Waals surface area contributed by atoms with Gasteiger partial charge in [-0.3, -0.25) is 0 Å². The van der Waals surface area contributed by atoms with Crippen molar-refractivity contribution >= 4 is 0 Å². The van der Waals surface area contributed by atoms with Crippen molar-refractivity contribution in [1.29, 1.82) is 0 Å². The van der Waals surface area contributed by atoms with Gasteiger partial charge < -0.3 is 5.32 Å². The molecule has 2 aliphatic rings. The number of hydrogen-bond donors (Lipinski definition) is 1. The van der Waals surface area contributed by atoms with Crippen molar-refractivity contribution in [3.05, 3.63) is 12.7 Å². The van der Waals surface area contributed by atoms with Crippen LogP contribution in [0.2, 0.25) is 0 Å². The second-order valence-corrected chi connectivity index (χ2v) is 5.97. The van der Waals surface area contributed by atoms with Crippen LogP contribution < -0.4 is 5.32 Å². The smallest absolute Gasteiger partial charge is 0.0101 e. The Labute approximate surface area is 107 Å². The molecule has 0 aromatic rings. The third kappa shape index (κ3) is 3.34. The molecule has 1 heteroatoms. The van der Waals surface area contributed by atoms with Gasteiger partial charge in [0.05, 0.1) is 0 Å². The van der Waals surface area contributed by atoms with Crippen LogP contribution in [0.1, 0.15) is 58.3 Å². The summed E-state index contributed by atoms with van der Waals surface area (Å²) in [5, 5.41) is 3.81. The van der Waals surface area contributed by atoms with Gasteiger partial charge in [0.15, 0.2) is 0 Å². The van der Waals surface area contributed by atoms with Crippen LogP contribution in [0.4, 0.5) is 0 Å². The molecule has 98 valence electrons. The van der Waals surface area contributed by atoms with Crippen molar-refractivity contribution in [3.8, 4) is 0 Å². The van der Waals surface area contributed by atoms with Gasteiger partial charge in [0, 0.05) is 6.04 Å². The summed E-state index contributed by atoms with van der Waals surface area (Å²) in [7, 11) is 0. The van der Waals surface area contributed by atoms with Crippen molar-refractivity contribution in [2.45, 2.75) is 64.3 Å². The third-order valence-electron chi connectivity index (χ3n) is 4.77. The van der Waals surface area contributed by atoms with Crippen molar-refractivity contribution in [1.82, 2.24) is 5.32 Å². The highest BCUT2D eigenvalue weighted by Gasteiger charge is 2.53. The van der Waals surface area contributed by atoms with E-state index in [0.717, 1.165) is 23.8 Å². The highest BCUT2D eigenvalue weighted by Crippen LogP contribution is 2.57.